The Balaban J connectivity index is 2.11. The zero-order valence-corrected chi connectivity index (χ0v) is 12.7. The monoisotopic (exact) mass is 278 g/mol. The number of nitrogens with two attached hydrogens (primary N) is 1. The van der Waals surface area contributed by atoms with E-state index < -0.39 is 0 Å². The van der Waals surface area contributed by atoms with E-state index in [2.05, 4.69) is 18.9 Å². The van der Waals surface area contributed by atoms with Gasteiger partial charge in [-0.25, -0.2) is 0 Å². The highest BCUT2D eigenvalue weighted by molar-refractivity contribution is 5.41. The Morgan fingerprint density at radius 1 is 1.30 bits per heavy atom. The third-order valence-corrected chi connectivity index (χ3v) is 4.61. The molecule has 0 spiro atoms. The second-order valence-corrected chi connectivity index (χ2v) is 5.83. The SMILES string of the molecule is COc1ccc(O)c(C(C)N(C)C2CCC(N)CC2)c1. The lowest BCUT2D eigenvalue weighted by Crippen LogP contribution is -2.39. The zero-order valence-electron chi connectivity index (χ0n) is 12.7. The molecule has 112 valence electrons. The third-order valence-electron chi connectivity index (χ3n) is 4.61. The molecular formula is C16H26N2O2. The van der Waals surface area contributed by atoms with E-state index in [-0.39, 0.29) is 6.04 Å². The molecule has 1 aliphatic carbocycles. The molecule has 3 N–H and O–H groups in total. The molecule has 1 atom stereocenters. The van der Waals surface area contributed by atoms with Crippen molar-refractivity contribution in [3.05, 3.63) is 23.8 Å². The summed E-state index contributed by atoms with van der Waals surface area (Å²) in [6, 6.07) is 6.46. The summed E-state index contributed by atoms with van der Waals surface area (Å²) in [4.78, 5) is 2.35. The second-order valence-electron chi connectivity index (χ2n) is 5.83. The second kappa shape index (κ2) is 6.46. The Morgan fingerprint density at radius 2 is 1.95 bits per heavy atom. The molecule has 1 saturated carbocycles. The average molecular weight is 278 g/mol. The van der Waals surface area contributed by atoms with Gasteiger partial charge in [-0.1, -0.05) is 0 Å². The van der Waals surface area contributed by atoms with Crippen LogP contribution in [0.5, 0.6) is 11.5 Å². The van der Waals surface area contributed by atoms with Crippen LogP contribution in [0.15, 0.2) is 18.2 Å². The van der Waals surface area contributed by atoms with E-state index in [9.17, 15) is 5.11 Å². The Kier molecular flexibility index (Phi) is 4.89. The van der Waals surface area contributed by atoms with Crippen molar-refractivity contribution >= 4 is 0 Å². The van der Waals surface area contributed by atoms with Crippen LogP contribution in [0, 0.1) is 0 Å². The highest BCUT2D eigenvalue weighted by atomic mass is 16.5. The van der Waals surface area contributed by atoms with Crippen LogP contribution in [0.2, 0.25) is 0 Å². The number of aromatic hydroxyl groups is 1. The minimum absolute atomic E-state index is 0.157. The first kappa shape index (κ1) is 15.1. The van der Waals surface area contributed by atoms with E-state index in [0.717, 1.165) is 37.0 Å². The van der Waals surface area contributed by atoms with Crippen LogP contribution in [0.25, 0.3) is 0 Å². The summed E-state index contributed by atoms with van der Waals surface area (Å²) in [5.41, 5.74) is 6.89. The number of rotatable bonds is 4. The van der Waals surface area contributed by atoms with Crippen molar-refractivity contribution in [3.63, 3.8) is 0 Å². The molecule has 0 aliphatic heterocycles. The van der Waals surface area contributed by atoms with Gasteiger partial charge in [-0.05, 0) is 57.9 Å². The van der Waals surface area contributed by atoms with Gasteiger partial charge in [-0.3, -0.25) is 4.90 Å². The van der Waals surface area contributed by atoms with Gasteiger partial charge in [0, 0.05) is 23.7 Å². The van der Waals surface area contributed by atoms with Crippen molar-refractivity contribution in [2.24, 2.45) is 5.73 Å². The molecule has 0 heterocycles. The molecule has 0 aromatic heterocycles. The number of hydrogen-bond acceptors (Lipinski definition) is 4. The van der Waals surface area contributed by atoms with E-state index in [1.807, 2.05) is 6.07 Å². The maximum absolute atomic E-state index is 10.1. The van der Waals surface area contributed by atoms with Gasteiger partial charge in [0.25, 0.3) is 0 Å². The van der Waals surface area contributed by atoms with Gasteiger partial charge in [-0.15, -0.1) is 0 Å². The van der Waals surface area contributed by atoms with Gasteiger partial charge in [0.1, 0.15) is 11.5 Å². The van der Waals surface area contributed by atoms with E-state index in [4.69, 9.17) is 10.5 Å². The Hall–Kier alpha value is -1.26. The van der Waals surface area contributed by atoms with E-state index in [1.165, 1.54) is 0 Å². The van der Waals surface area contributed by atoms with Crippen molar-refractivity contribution in [2.75, 3.05) is 14.2 Å². The summed E-state index contributed by atoms with van der Waals surface area (Å²) in [6.45, 7) is 2.13. The van der Waals surface area contributed by atoms with E-state index >= 15 is 0 Å². The molecule has 20 heavy (non-hydrogen) atoms. The third kappa shape index (κ3) is 3.25. The van der Waals surface area contributed by atoms with Crippen LogP contribution in [0.1, 0.15) is 44.2 Å². The van der Waals surface area contributed by atoms with Crippen molar-refractivity contribution < 1.29 is 9.84 Å². The quantitative estimate of drug-likeness (QED) is 0.889. The normalized spacial score (nSPS) is 24.6. The van der Waals surface area contributed by atoms with Gasteiger partial charge in [0.15, 0.2) is 0 Å². The first-order chi connectivity index (χ1) is 9.52. The standard InChI is InChI=1S/C16H26N2O2/c1-11(15-10-14(20-3)8-9-16(15)19)18(2)13-6-4-12(17)5-7-13/h8-13,19H,4-7,17H2,1-3H3. The summed E-state index contributed by atoms with van der Waals surface area (Å²) in [7, 11) is 3.78. The van der Waals surface area contributed by atoms with Crippen LogP contribution >= 0.6 is 0 Å². The fraction of sp³-hybridized carbons (Fsp3) is 0.625. The van der Waals surface area contributed by atoms with Gasteiger partial charge >= 0.3 is 0 Å². The van der Waals surface area contributed by atoms with Gasteiger partial charge < -0.3 is 15.6 Å². The molecule has 1 unspecified atom stereocenters. The lowest BCUT2D eigenvalue weighted by atomic mass is 9.89. The lowest BCUT2D eigenvalue weighted by Gasteiger charge is -2.37. The Morgan fingerprint density at radius 3 is 2.55 bits per heavy atom. The summed E-state index contributed by atoms with van der Waals surface area (Å²) in [5.74, 6) is 1.11. The highest BCUT2D eigenvalue weighted by Crippen LogP contribution is 2.34. The Labute approximate surface area is 121 Å². The summed E-state index contributed by atoms with van der Waals surface area (Å²) in [6.07, 6.45) is 4.44. The number of ether oxygens (including phenoxy) is 1. The van der Waals surface area contributed by atoms with Crippen LogP contribution in [-0.2, 0) is 0 Å². The lowest BCUT2D eigenvalue weighted by molar-refractivity contribution is 0.139. The number of hydrogen-bond donors (Lipinski definition) is 2. The minimum Gasteiger partial charge on any atom is -0.508 e. The maximum atomic E-state index is 10.1. The predicted molar refractivity (Wildman–Crippen MR) is 81.1 cm³/mol. The van der Waals surface area contributed by atoms with Crippen molar-refractivity contribution in [1.82, 2.24) is 4.90 Å². The smallest absolute Gasteiger partial charge is 0.120 e. The van der Waals surface area contributed by atoms with Crippen LogP contribution in [-0.4, -0.2) is 36.2 Å². The predicted octanol–water partition coefficient (Wildman–Crippen LogP) is 2.66. The molecule has 2 rings (SSSR count). The summed E-state index contributed by atoms with van der Waals surface area (Å²) >= 11 is 0. The molecule has 0 bridgehead atoms. The fourth-order valence-electron chi connectivity index (χ4n) is 3.04. The largest absolute Gasteiger partial charge is 0.508 e. The van der Waals surface area contributed by atoms with Crippen LogP contribution < -0.4 is 10.5 Å². The maximum Gasteiger partial charge on any atom is 0.120 e. The molecule has 1 aromatic rings. The average Bonchev–Trinajstić information content (AvgIpc) is 2.47. The number of benzene rings is 1. The number of phenols is 1. The van der Waals surface area contributed by atoms with Gasteiger partial charge in [0.05, 0.1) is 7.11 Å². The van der Waals surface area contributed by atoms with Crippen LogP contribution in [0.3, 0.4) is 0 Å². The molecule has 4 heteroatoms. The van der Waals surface area contributed by atoms with E-state index in [0.29, 0.717) is 17.8 Å². The molecule has 0 amide bonds. The molecule has 4 nitrogen and oxygen atoms in total. The highest BCUT2D eigenvalue weighted by Gasteiger charge is 2.26. The van der Waals surface area contributed by atoms with E-state index in [1.54, 1.807) is 19.2 Å². The minimum atomic E-state index is 0.157. The molecule has 1 aromatic carbocycles. The number of nitrogens with zero attached hydrogens (tertiary/aromatic N) is 1. The first-order valence-electron chi connectivity index (χ1n) is 7.37. The van der Waals surface area contributed by atoms with Crippen LogP contribution in [0.4, 0.5) is 0 Å². The number of phenolic OH excluding ortho intramolecular Hbond substituents is 1. The molecule has 0 radical (unpaired) electrons. The molecule has 1 aliphatic rings. The first-order valence-corrected chi connectivity index (χ1v) is 7.37. The van der Waals surface area contributed by atoms with Crippen molar-refractivity contribution in [3.8, 4) is 11.5 Å². The molecule has 1 fully saturated rings. The summed E-state index contributed by atoms with van der Waals surface area (Å²) in [5, 5.41) is 10.1. The molecular weight excluding hydrogens is 252 g/mol. The van der Waals surface area contributed by atoms with Gasteiger partial charge in [0.2, 0.25) is 0 Å². The Bertz CT molecular complexity index is 442. The number of methoxy groups -OCH3 is 1. The van der Waals surface area contributed by atoms with Crippen molar-refractivity contribution in [1.29, 1.82) is 0 Å². The topological polar surface area (TPSA) is 58.7 Å². The zero-order chi connectivity index (χ0) is 14.7. The molecule has 0 saturated heterocycles. The van der Waals surface area contributed by atoms with Gasteiger partial charge in [-0.2, -0.15) is 0 Å². The van der Waals surface area contributed by atoms with Crippen molar-refractivity contribution in [2.45, 2.75) is 50.7 Å². The summed E-state index contributed by atoms with van der Waals surface area (Å²) < 4.78 is 5.25. The fourth-order valence-corrected chi connectivity index (χ4v) is 3.04.